The molecule has 17 heavy (non-hydrogen) atoms. The van der Waals surface area contributed by atoms with Crippen molar-refractivity contribution < 1.29 is 4.74 Å². The van der Waals surface area contributed by atoms with E-state index in [9.17, 15) is 0 Å². The maximum atomic E-state index is 6.01. The normalized spacial score (nSPS) is 22.8. The van der Waals surface area contributed by atoms with Crippen molar-refractivity contribution in [2.45, 2.75) is 31.8 Å². The van der Waals surface area contributed by atoms with Gasteiger partial charge in [-0.05, 0) is 19.8 Å². The highest BCUT2D eigenvalue weighted by Gasteiger charge is 2.21. The minimum atomic E-state index is 0.270. The molecule has 1 aliphatic rings. The summed E-state index contributed by atoms with van der Waals surface area (Å²) >= 11 is 0. The largest absolute Gasteiger partial charge is 0.383 e. The average molecular weight is 238 g/mol. The van der Waals surface area contributed by atoms with E-state index in [1.165, 1.54) is 0 Å². The zero-order valence-corrected chi connectivity index (χ0v) is 10.7. The summed E-state index contributed by atoms with van der Waals surface area (Å²) in [7, 11) is 1.73. The van der Waals surface area contributed by atoms with E-state index < -0.39 is 0 Å². The molecule has 1 aliphatic heterocycles. The fraction of sp³-hybridized carbons (Fsp3) is 0.750. The molecule has 1 saturated heterocycles. The molecule has 1 unspecified atom stereocenters. The Balaban J connectivity index is 2.12. The van der Waals surface area contributed by atoms with Crippen molar-refractivity contribution in [1.29, 1.82) is 0 Å². The van der Waals surface area contributed by atoms with Gasteiger partial charge in [0.15, 0.2) is 0 Å². The van der Waals surface area contributed by atoms with Gasteiger partial charge in [0.25, 0.3) is 0 Å². The number of imidazole rings is 1. The Labute approximate surface area is 103 Å². The van der Waals surface area contributed by atoms with Crippen LogP contribution in [0.1, 0.15) is 25.8 Å². The molecular weight excluding hydrogens is 216 g/mol. The third kappa shape index (κ3) is 2.79. The third-order valence-corrected chi connectivity index (χ3v) is 3.27. The van der Waals surface area contributed by atoms with Crippen LogP contribution in [0.25, 0.3) is 0 Å². The number of hydrogen-bond donors (Lipinski definition) is 1. The highest BCUT2D eigenvalue weighted by atomic mass is 16.5. The van der Waals surface area contributed by atoms with Crippen molar-refractivity contribution in [3.05, 3.63) is 12.4 Å². The Morgan fingerprint density at radius 2 is 2.47 bits per heavy atom. The zero-order chi connectivity index (χ0) is 12.3. The van der Waals surface area contributed by atoms with Crippen LogP contribution in [-0.4, -0.2) is 42.4 Å². The van der Waals surface area contributed by atoms with Crippen molar-refractivity contribution >= 4 is 5.95 Å². The van der Waals surface area contributed by atoms with Gasteiger partial charge in [-0.15, -0.1) is 0 Å². The van der Waals surface area contributed by atoms with Crippen LogP contribution in [0, 0.1) is 0 Å². The Hall–Kier alpha value is -1.07. The van der Waals surface area contributed by atoms with Crippen LogP contribution >= 0.6 is 0 Å². The van der Waals surface area contributed by atoms with Gasteiger partial charge >= 0.3 is 0 Å². The van der Waals surface area contributed by atoms with Crippen LogP contribution in [0.15, 0.2) is 12.4 Å². The monoisotopic (exact) mass is 238 g/mol. The molecule has 5 nitrogen and oxygen atoms in total. The fourth-order valence-corrected chi connectivity index (χ4v) is 2.41. The third-order valence-electron chi connectivity index (χ3n) is 3.27. The van der Waals surface area contributed by atoms with Gasteiger partial charge < -0.3 is 19.9 Å². The van der Waals surface area contributed by atoms with Crippen molar-refractivity contribution in [1.82, 2.24) is 9.55 Å². The summed E-state index contributed by atoms with van der Waals surface area (Å²) in [4.78, 5) is 6.73. The van der Waals surface area contributed by atoms with Gasteiger partial charge in [0.1, 0.15) is 0 Å². The summed E-state index contributed by atoms with van der Waals surface area (Å²) in [6.45, 7) is 4.78. The standard InChI is InChI=1S/C12H22N4O/c1-10(9-17-2)16-7-5-14-12(16)15-6-3-4-11(13)8-15/h5,7,10-11H,3-4,6,8-9,13H2,1-2H3/t10?,11-/m1/s1. The summed E-state index contributed by atoms with van der Waals surface area (Å²) in [6.07, 6.45) is 6.12. The molecule has 1 fully saturated rings. The number of hydrogen-bond acceptors (Lipinski definition) is 4. The van der Waals surface area contributed by atoms with E-state index in [0.717, 1.165) is 31.9 Å². The first kappa shape index (κ1) is 12.4. The molecular formula is C12H22N4O. The SMILES string of the molecule is COCC(C)n1ccnc1N1CCC[C@@H](N)C1. The van der Waals surface area contributed by atoms with E-state index in [2.05, 4.69) is 21.4 Å². The van der Waals surface area contributed by atoms with Gasteiger partial charge in [-0.2, -0.15) is 0 Å². The average Bonchev–Trinajstić information content (AvgIpc) is 2.78. The molecule has 2 atom stereocenters. The first-order valence-corrected chi connectivity index (χ1v) is 6.24. The van der Waals surface area contributed by atoms with Crippen LogP contribution in [-0.2, 0) is 4.74 Å². The minimum absolute atomic E-state index is 0.270. The summed E-state index contributed by atoms with van der Waals surface area (Å²) in [6, 6.07) is 0.572. The molecule has 1 aromatic heterocycles. The quantitative estimate of drug-likeness (QED) is 0.851. The summed E-state index contributed by atoms with van der Waals surface area (Å²) in [5, 5.41) is 0. The van der Waals surface area contributed by atoms with E-state index in [4.69, 9.17) is 10.5 Å². The number of ether oxygens (including phenoxy) is 1. The number of nitrogens with two attached hydrogens (primary N) is 1. The number of methoxy groups -OCH3 is 1. The lowest BCUT2D eigenvalue weighted by Gasteiger charge is -2.32. The molecule has 0 radical (unpaired) electrons. The predicted molar refractivity (Wildman–Crippen MR) is 68.2 cm³/mol. The first-order chi connectivity index (χ1) is 8.22. The summed E-state index contributed by atoms with van der Waals surface area (Å²) in [5.74, 6) is 1.02. The summed E-state index contributed by atoms with van der Waals surface area (Å²) in [5.41, 5.74) is 6.01. The topological polar surface area (TPSA) is 56.3 Å². The van der Waals surface area contributed by atoms with Gasteiger partial charge in [0, 0.05) is 38.6 Å². The lowest BCUT2D eigenvalue weighted by atomic mass is 10.1. The molecule has 2 N–H and O–H groups in total. The van der Waals surface area contributed by atoms with Crippen LogP contribution in [0.3, 0.4) is 0 Å². The number of anilines is 1. The molecule has 2 heterocycles. The fourth-order valence-electron chi connectivity index (χ4n) is 2.41. The Bertz CT molecular complexity index is 352. The Morgan fingerprint density at radius 3 is 3.18 bits per heavy atom. The van der Waals surface area contributed by atoms with Crippen LogP contribution < -0.4 is 10.6 Å². The molecule has 0 spiro atoms. The van der Waals surface area contributed by atoms with Crippen molar-refractivity contribution in [3.63, 3.8) is 0 Å². The molecule has 0 amide bonds. The maximum Gasteiger partial charge on any atom is 0.205 e. The number of nitrogens with zero attached hydrogens (tertiary/aromatic N) is 3. The second kappa shape index (κ2) is 5.51. The van der Waals surface area contributed by atoms with E-state index >= 15 is 0 Å². The molecule has 2 rings (SSSR count). The summed E-state index contributed by atoms with van der Waals surface area (Å²) < 4.78 is 7.37. The predicted octanol–water partition coefficient (Wildman–Crippen LogP) is 1.02. The minimum Gasteiger partial charge on any atom is -0.383 e. The van der Waals surface area contributed by atoms with Crippen molar-refractivity contribution in [2.24, 2.45) is 5.73 Å². The van der Waals surface area contributed by atoms with Crippen LogP contribution in [0.4, 0.5) is 5.95 Å². The highest BCUT2D eigenvalue weighted by Crippen LogP contribution is 2.21. The van der Waals surface area contributed by atoms with E-state index in [-0.39, 0.29) is 6.04 Å². The Kier molecular flexibility index (Phi) is 4.02. The van der Waals surface area contributed by atoms with E-state index in [1.54, 1.807) is 7.11 Å². The van der Waals surface area contributed by atoms with Gasteiger partial charge in [0.2, 0.25) is 5.95 Å². The molecule has 0 bridgehead atoms. The number of piperidine rings is 1. The molecule has 1 aromatic rings. The van der Waals surface area contributed by atoms with Gasteiger partial charge in [-0.1, -0.05) is 0 Å². The molecule has 0 aliphatic carbocycles. The van der Waals surface area contributed by atoms with Crippen molar-refractivity contribution in [2.75, 3.05) is 31.7 Å². The van der Waals surface area contributed by atoms with E-state index in [0.29, 0.717) is 12.6 Å². The zero-order valence-electron chi connectivity index (χ0n) is 10.7. The Morgan fingerprint density at radius 1 is 1.65 bits per heavy atom. The van der Waals surface area contributed by atoms with Gasteiger partial charge in [0.05, 0.1) is 12.6 Å². The lowest BCUT2D eigenvalue weighted by molar-refractivity contribution is 0.162. The van der Waals surface area contributed by atoms with Gasteiger partial charge in [-0.25, -0.2) is 4.98 Å². The lowest BCUT2D eigenvalue weighted by Crippen LogP contribution is -2.44. The smallest absolute Gasteiger partial charge is 0.205 e. The maximum absolute atomic E-state index is 6.01. The number of aromatic nitrogens is 2. The molecule has 0 aromatic carbocycles. The first-order valence-electron chi connectivity index (χ1n) is 6.24. The second-order valence-electron chi connectivity index (χ2n) is 4.79. The second-order valence-corrected chi connectivity index (χ2v) is 4.79. The van der Waals surface area contributed by atoms with Crippen LogP contribution in [0.5, 0.6) is 0 Å². The van der Waals surface area contributed by atoms with Crippen molar-refractivity contribution in [3.8, 4) is 0 Å². The van der Waals surface area contributed by atoms with E-state index in [1.807, 2.05) is 12.4 Å². The van der Waals surface area contributed by atoms with Crippen LogP contribution in [0.2, 0.25) is 0 Å². The highest BCUT2D eigenvalue weighted by molar-refractivity contribution is 5.33. The molecule has 0 saturated carbocycles. The molecule has 5 heteroatoms. The number of rotatable bonds is 4. The molecule has 96 valence electrons. The van der Waals surface area contributed by atoms with Gasteiger partial charge in [-0.3, -0.25) is 0 Å².